The standard InChI is InChI=1S/C23H29ClN2O3/c1-5-12-25-23(28)18(4)26(14-19-8-10-20(24)11-9-19)22(27)15-29-21-13-16(2)6-7-17(21)3/h6-11,13,18H,5,12,14-15H2,1-4H3,(H,25,28)/t18-/m1/s1. The molecule has 156 valence electrons. The van der Waals surface area contributed by atoms with Crippen molar-refractivity contribution in [2.45, 2.75) is 46.7 Å². The zero-order valence-corrected chi connectivity index (χ0v) is 18.3. The summed E-state index contributed by atoms with van der Waals surface area (Å²) in [6.07, 6.45) is 0.833. The molecule has 0 aliphatic heterocycles. The van der Waals surface area contributed by atoms with Gasteiger partial charge in [0.15, 0.2) is 6.61 Å². The summed E-state index contributed by atoms with van der Waals surface area (Å²) in [6.45, 7) is 8.37. The number of amides is 2. The Bertz CT molecular complexity index is 837. The van der Waals surface area contributed by atoms with Gasteiger partial charge < -0.3 is 15.0 Å². The molecule has 5 nitrogen and oxygen atoms in total. The van der Waals surface area contributed by atoms with Gasteiger partial charge in [-0.05, 0) is 62.1 Å². The Morgan fingerprint density at radius 1 is 1.14 bits per heavy atom. The highest BCUT2D eigenvalue weighted by atomic mass is 35.5. The fourth-order valence-electron chi connectivity index (χ4n) is 2.85. The maximum atomic E-state index is 13.0. The van der Waals surface area contributed by atoms with Crippen molar-refractivity contribution < 1.29 is 14.3 Å². The van der Waals surface area contributed by atoms with Crippen LogP contribution >= 0.6 is 11.6 Å². The minimum Gasteiger partial charge on any atom is -0.483 e. The predicted molar refractivity (Wildman–Crippen MR) is 116 cm³/mol. The first-order valence-electron chi connectivity index (χ1n) is 9.83. The molecule has 0 aromatic heterocycles. The second-order valence-electron chi connectivity index (χ2n) is 7.17. The van der Waals surface area contributed by atoms with Crippen molar-refractivity contribution in [3.05, 3.63) is 64.2 Å². The predicted octanol–water partition coefficient (Wildman–Crippen LogP) is 4.28. The number of rotatable bonds is 9. The normalized spacial score (nSPS) is 11.6. The van der Waals surface area contributed by atoms with Crippen LogP contribution in [0.25, 0.3) is 0 Å². The van der Waals surface area contributed by atoms with Crippen LogP contribution < -0.4 is 10.1 Å². The molecule has 29 heavy (non-hydrogen) atoms. The molecule has 2 aromatic rings. The van der Waals surface area contributed by atoms with E-state index in [2.05, 4.69) is 5.32 Å². The fraction of sp³-hybridized carbons (Fsp3) is 0.391. The second kappa shape index (κ2) is 10.9. The number of hydrogen-bond acceptors (Lipinski definition) is 3. The van der Waals surface area contributed by atoms with Gasteiger partial charge in [-0.2, -0.15) is 0 Å². The zero-order valence-electron chi connectivity index (χ0n) is 17.5. The average Bonchev–Trinajstić information content (AvgIpc) is 2.71. The lowest BCUT2D eigenvalue weighted by atomic mass is 10.1. The monoisotopic (exact) mass is 416 g/mol. The van der Waals surface area contributed by atoms with Gasteiger partial charge in [0, 0.05) is 18.1 Å². The third-order valence-electron chi connectivity index (χ3n) is 4.68. The van der Waals surface area contributed by atoms with E-state index in [1.165, 1.54) is 0 Å². The molecule has 0 aliphatic carbocycles. The first-order valence-corrected chi connectivity index (χ1v) is 10.2. The van der Waals surface area contributed by atoms with E-state index in [0.29, 0.717) is 23.9 Å². The molecule has 6 heteroatoms. The molecule has 0 saturated heterocycles. The molecule has 0 heterocycles. The molecule has 0 unspecified atom stereocenters. The van der Waals surface area contributed by atoms with Gasteiger partial charge in [-0.15, -0.1) is 0 Å². The number of aryl methyl sites for hydroxylation is 2. The molecule has 0 bridgehead atoms. The number of nitrogens with one attached hydrogen (secondary N) is 1. The smallest absolute Gasteiger partial charge is 0.261 e. The lowest BCUT2D eigenvalue weighted by Gasteiger charge is -2.29. The highest BCUT2D eigenvalue weighted by molar-refractivity contribution is 6.30. The molecule has 0 spiro atoms. The topological polar surface area (TPSA) is 58.6 Å². The Morgan fingerprint density at radius 3 is 2.48 bits per heavy atom. The van der Waals surface area contributed by atoms with Gasteiger partial charge in [-0.1, -0.05) is 42.8 Å². The van der Waals surface area contributed by atoms with Crippen molar-refractivity contribution in [2.75, 3.05) is 13.2 Å². The Morgan fingerprint density at radius 2 is 1.83 bits per heavy atom. The van der Waals surface area contributed by atoms with Crippen LogP contribution in [0, 0.1) is 13.8 Å². The number of benzene rings is 2. The van der Waals surface area contributed by atoms with Crippen molar-refractivity contribution in [2.24, 2.45) is 0 Å². The number of carbonyl (C=O) groups excluding carboxylic acids is 2. The van der Waals surface area contributed by atoms with Crippen molar-refractivity contribution >= 4 is 23.4 Å². The molecular formula is C23H29ClN2O3. The summed E-state index contributed by atoms with van der Waals surface area (Å²) < 4.78 is 5.78. The molecule has 0 fully saturated rings. The Hall–Kier alpha value is -2.53. The second-order valence-corrected chi connectivity index (χ2v) is 7.61. The number of ether oxygens (including phenoxy) is 1. The summed E-state index contributed by atoms with van der Waals surface area (Å²) in [7, 11) is 0. The molecule has 2 rings (SSSR count). The van der Waals surface area contributed by atoms with Crippen LogP contribution in [0.1, 0.15) is 37.0 Å². The summed E-state index contributed by atoms with van der Waals surface area (Å²) in [5, 5.41) is 3.48. The van der Waals surface area contributed by atoms with Crippen LogP contribution in [-0.4, -0.2) is 35.9 Å². The van der Waals surface area contributed by atoms with Crippen LogP contribution in [0.3, 0.4) is 0 Å². The van der Waals surface area contributed by atoms with Gasteiger partial charge in [0.2, 0.25) is 5.91 Å². The summed E-state index contributed by atoms with van der Waals surface area (Å²) in [6, 6.07) is 12.5. The van der Waals surface area contributed by atoms with Gasteiger partial charge in [-0.25, -0.2) is 0 Å². The van der Waals surface area contributed by atoms with E-state index in [0.717, 1.165) is 23.1 Å². The number of nitrogens with zero attached hydrogens (tertiary/aromatic N) is 1. The molecule has 2 amide bonds. The fourth-order valence-corrected chi connectivity index (χ4v) is 2.98. The summed E-state index contributed by atoms with van der Waals surface area (Å²) in [4.78, 5) is 27.0. The van der Waals surface area contributed by atoms with E-state index in [1.807, 2.05) is 51.1 Å². The summed E-state index contributed by atoms with van der Waals surface area (Å²) in [5.74, 6) is 0.244. The lowest BCUT2D eigenvalue weighted by molar-refractivity contribution is -0.142. The van der Waals surface area contributed by atoms with Crippen molar-refractivity contribution in [1.29, 1.82) is 0 Å². The van der Waals surface area contributed by atoms with Crippen molar-refractivity contribution in [3.63, 3.8) is 0 Å². The number of hydrogen-bond donors (Lipinski definition) is 1. The molecule has 2 aromatic carbocycles. The third kappa shape index (κ3) is 6.79. The third-order valence-corrected chi connectivity index (χ3v) is 4.93. The number of carbonyl (C=O) groups is 2. The van der Waals surface area contributed by atoms with Crippen LogP contribution in [-0.2, 0) is 16.1 Å². The number of halogens is 1. The van der Waals surface area contributed by atoms with E-state index in [9.17, 15) is 9.59 Å². The van der Waals surface area contributed by atoms with E-state index in [-0.39, 0.29) is 18.4 Å². The SMILES string of the molecule is CCCNC(=O)[C@@H](C)N(Cc1ccc(Cl)cc1)C(=O)COc1cc(C)ccc1C. The molecule has 1 N–H and O–H groups in total. The van der Waals surface area contributed by atoms with Crippen LogP contribution in [0.4, 0.5) is 0 Å². The molecule has 1 atom stereocenters. The minimum absolute atomic E-state index is 0.136. The highest BCUT2D eigenvalue weighted by Gasteiger charge is 2.26. The van der Waals surface area contributed by atoms with Gasteiger partial charge >= 0.3 is 0 Å². The van der Waals surface area contributed by atoms with Crippen LogP contribution in [0.5, 0.6) is 5.75 Å². The average molecular weight is 417 g/mol. The van der Waals surface area contributed by atoms with Crippen molar-refractivity contribution in [3.8, 4) is 5.75 Å². The quantitative estimate of drug-likeness (QED) is 0.663. The Labute approximate surface area is 178 Å². The van der Waals surface area contributed by atoms with E-state index in [4.69, 9.17) is 16.3 Å². The lowest BCUT2D eigenvalue weighted by Crippen LogP contribution is -2.49. The van der Waals surface area contributed by atoms with Gasteiger partial charge in [0.05, 0.1) is 0 Å². The first-order chi connectivity index (χ1) is 13.8. The zero-order chi connectivity index (χ0) is 21.4. The van der Waals surface area contributed by atoms with Crippen molar-refractivity contribution in [1.82, 2.24) is 10.2 Å². The molecular weight excluding hydrogens is 388 g/mol. The Kier molecular flexibility index (Phi) is 8.52. The summed E-state index contributed by atoms with van der Waals surface area (Å²) in [5.41, 5.74) is 2.91. The minimum atomic E-state index is -0.619. The van der Waals surface area contributed by atoms with E-state index < -0.39 is 6.04 Å². The van der Waals surface area contributed by atoms with E-state index in [1.54, 1.807) is 24.0 Å². The maximum Gasteiger partial charge on any atom is 0.261 e. The first kappa shape index (κ1) is 22.8. The molecule has 0 saturated carbocycles. The maximum absolute atomic E-state index is 13.0. The Balaban J connectivity index is 2.15. The van der Waals surface area contributed by atoms with Gasteiger partial charge in [-0.3, -0.25) is 9.59 Å². The van der Waals surface area contributed by atoms with Gasteiger partial charge in [0.25, 0.3) is 5.91 Å². The summed E-state index contributed by atoms with van der Waals surface area (Å²) >= 11 is 5.96. The molecule has 0 radical (unpaired) electrons. The molecule has 0 aliphatic rings. The highest BCUT2D eigenvalue weighted by Crippen LogP contribution is 2.20. The largest absolute Gasteiger partial charge is 0.483 e. The van der Waals surface area contributed by atoms with Crippen LogP contribution in [0.15, 0.2) is 42.5 Å². The van der Waals surface area contributed by atoms with Crippen LogP contribution in [0.2, 0.25) is 5.02 Å². The van der Waals surface area contributed by atoms with Gasteiger partial charge in [0.1, 0.15) is 11.8 Å². The van der Waals surface area contributed by atoms with E-state index >= 15 is 0 Å².